The lowest BCUT2D eigenvalue weighted by Crippen LogP contribution is -2.16. The predicted molar refractivity (Wildman–Crippen MR) is 247 cm³/mol. The zero-order valence-electron chi connectivity index (χ0n) is 32.7. The molecule has 6 bridgehead atoms. The van der Waals surface area contributed by atoms with Gasteiger partial charge in [-0.05, 0) is 130 Å². The summed E-state index contributed by atoms with van der Waals surface area (Å²) in [4.78, 5) is 0. The smallest absolute Gasteiger partial charge is 0.356 e. The number of allylic oxidation sites excluding steroid dienone is 6. The second-order valence-corrected chi connectivity index (χ2v) is 29.8. The van der Waals surface area contributed by atoms with E-state index in [1.807, 2.05) is 29.0 Å². The largest absolute Gasteiger partial charge is 0.452 e. The summed E-state index contributed by atoms with van der Waals surface area (Å²) in [5, 5.41) is 0. The van der Waals surface area contributed by atoms with E-state index >= 15 is 0 Å². The summed E-state index contributed by atoms with van der Waals surface area (Å²) in [7, 11) is 0. The highest BCUT2D eigenvalue weighted by Gasteiger charge is 2.55. The van der Waals surface area contributed by atoms with Crippen LogP contribution in [0.4, 0.5) is 0 Å². The van der Waals surface area contributed by atoms with Crippen molar-refractivity contribution in [2.45, 2.75) is 93.3 Å². The first-order chi connectivity index (χ1) is 27.8. The van der Waals surface area contributed by atoms with Gasteiger partial charge in [0, 0.05) is 63.7 Å². The van der Waals surface area contributed by atoms with Crippen LogP contribution in [-0.2, 0) is 11.0 Å². The minimum atomic E-state index is -3.29. The standard InChI is InChI=1S/C48H46O3P2S4/c1-5-26-27-12-8-6-7-11-24(27)15-16-25-17-31-36(18-30(25)26)40-22-39(31)45-43(40)47(50-52(55-2)56-3)44-41-23-42(46(44)48(45)51-53(49,54)57-4)38-21-35-33-19-32(34(35)20-37(38)41)28-13-9-10-14-29(28)33/h6,8-14,17-18,20-21,26,32-33,39-42H,5,7,15-16,19,22-23H2,1-4H3,(H,49,54)/t26-,32+,33-,39+,40-,41+,42-,53?/m1/s1. The molecule has 12 rings (SSSR count). The van der Waals surface area contributed by atoms with Crippen LogP contribution in [0.1, 0.15) is 165 Å². The molecule has 4 aromatic carbocycles. The topological polar surface area (TPSA) is 35.5 Å². The number of aryl methyl sites for hydroxylation is 1. The first-order valence-electron chi connectivity index (χ1n) is 20.7. The van der Waals surface area contributed by atoms with Crippen LogP contribution in [-0.4, -0.2) is 18.8 Å². The van der Waals surface area contributed by atoms with Gasteiger partial charge in [0.2, 0.25) is 6.55 Å². The minimum Gasteiger partial charge on any atom is -0.452 e. The Kier molecular flexibility index (Phi) is 8.59. The normalized spacial score (nSPS) is 27.9. The first-order valence-corrected chi connectivity index (χ1v) is 30.2. The monoisotopic (exact) mass is 860 g/mol. The SMILES string of the molecule is CC[C@@H]1C2=CC=CCC=C2CCc2cc3c(cc21)[C@H]1C[C@@H]3c2c(OP(=O)(S)SC)c3c(c(OP(SC)SC)c21)[C@H]1C[C@@H]3c2cc3c(cc21)[C@H]1C[C@@H]3c2ccccc21. The first kappa shape index (κ1) is 36.6. The third-order valence-corrected chi connectivity index (χ3v) is 25.1. The Morgan fingerprint density at radius 2 is 1.26 bits per heavy atom. The lowest BCUT2D eigenvalue weighted by Gasteiger charge is -2.34. The van der Waals surface area contributed by atoms with Crippen LogP contribution in [0.2, 0.25) is 0 Å². The van der Waals surface area contributed by atoms with Crippen LogP contribution in [0.3, 0.4) is 0 Å². The fourth-order valence-corrected chi connectivity index (χ4v) is 17.4. The van der Waals surface area contributed by atoms with Gasteiger partial charge in [0.05, 0.1) is 0 Å². The molecule has 0 N–H and O–H groups in total. The number of hydrogen-bond donors (Lipinski definition) is 1. The van der Waals surface area contributed by atoms with E-state index in [0.29, 0.717) is 17.8 Å². The van der Waals surface area contributed by atoms with E-state index in [4.69, 9.17) is 21.3 Å². The highest BCUT2D eigenvalue weighted by Crippen LogP contribution is 2.75. The number of fused-ring (bicyclic) bond motifs is 26. The minimum absolute atomic E-state index is 0.180. The molecule has 8 aliphatic carbocycles. The summed E-state index contributed by atoms with van der Waals surface area (Å²) in [6.45, 7) is 1.55. The van der Waals surface area contributed by atoms with Gasteiger partial charge in [-0.2, -0.15) is 0 Å². The van der Waals surface area contributed by atoms with E-state index in [0.717, 1.165) is 50.0 Å². The van der Waals surface area contributed by atoms with Gasteiger partial charge in [0.15, 0.2) is 0 Å². The Morgan fingerprint density at radius 1 is 0.719 bits per heavy atom. The highest BCUT2D eigenvalue weighted by molar-refractivity contribution is 8.86. The van der Waals surface area contributed by atoms with Crippen molar-refractivity contribution in [3.63, 3.8) is 0 Å². The van der Waals surface area contributed by atoms with Crippen molar-refractivity contribution in [3.8, 4) is 11.5 Å². The van der Waals surface area contributed by atoms with E-state index in [1.165, 1.54) is 101 Å². The third kappa shape index (κ3) is 5.12. The molecule has 0 heterocycles. The van der Waals surface area contributed by atoms with Crippen molar-refractivity contribution < 1.29 is 13.6 Å². The van der Waals surface area contributed by atoms with Gasteiger partial charge >= 0.3 is 5.77 Å². The van der Waals surface area contributed by atoms with Gasteiger partial charge in [0.25, 0.3) is 0 Å². The van der Waals surface area contributed by atoms with E-state index in [1.54, 1.807) is 5.56 Å². The molecular weight excluding hydrogens is 815 g/mol. The van der Waals surface area contributed by atoms with Crippen molar-refractivity contribution in [2.75, 3.05) is 18.8 Å². The van der Waals surface area contributed by atoms with Gasteiger partial charge in [-0.1, -0.05) is 126 Å². The Bertz CT molecular complexity index is 2610. The van der Waals surface area contributed by atoms with Crippen LogP contribution in [0.5, 0.6) is 11.5 Å². The van der Waals surface area contributed by atoms with Crippen LogP contribution in [0.25, 0.3) is 0 Å². The maximum Gasteiger partial charge on any atom is 0.356 e. The van der Waals surface area contributed by atoms with Crippen molar-refractivity contribution in [1.29, 1.82) is 0 Å². The lowest BCUT2D eigenvalue weighted by atomic mass is 9.74. The number of benzene rings is 4. The molecule has 0 spiro atoms. The van der Waals surface area contributed by atoms with Gasteiger partial charge < -0.3 is 9.05 Å². The maximum atomic E-state index is 14.2. The van der Waals surface area contributed by atoms with Crippen LogP contribution >= 0.6 is 58.7 Å². The van der Waals surface area contributed by atoms with Gasteiger partial charge in [-0.3, -0.25) is 4.57 Å². The fourth-order valence-electron chi connectivity index (χ4n) is 12.9. The summed E-state index contributed by atoms with van der Waals surface area (Å²) in [5.74, 6) is 0.862. The summed E-state index contributed by atoms with van der Waals surface area (Å²) in [5.41, 5.74) is 23.2. The molecule has 1 unspecified atom stereocenters. The van der Waals surface area contributed by atoms with Gasteiger partial charge in [-0.25, -0.2) is 0 Å². The highest BCUT2D eigenvalue weighted by atomic mass is 33.1. The molecule has 0 saturated carbocycles. The van der Waals surface area contributed by atoms with E-state index < -0.39 is 12.3 Å². The molecule has 9 heteroatoms. The van der Waals surface area contributed by atoms with E-state index in [9.17, 15) is 4.57 Å². The molecule has 0 amide bonds. The molecule has 0 radical (unpaired) electrons. The Balaban J connectivity index is 1.06. The molecule has 0 saturated heterocycles. The molecule has 3 nitrogen and oxygen atoms in total. The number of thiol groups is 1. The van der Waals surface area contributed by atoms with E-state index in [-0.39, 0.29) is 23.7 Å². The van der Waals surface area contributed by atoms with Crippen LogP contribution in [0.15, 0.2) is 84.0 Å². The third-order valence-electron chi connectivity index (χ3n) is 15.0. The maximum absolute atomic E-state index is 14.2. The lowest BCUT2D eigenvalue weighted by molar-refractivity contribution is 0.505. The summed E-state index contributed by atoms with van der Waals surface area (Å²) >= 11 is 9.66. The van der Waals surface area contributed by atoms with Gasteiger partial charge in [-0.15, -0.1) is 0 Å². The molecule has 0 aromatic heterocycles. The quantitative estimate of drug-likeness (QED) is 0.140. The Hall–Kier alpha value is -2.24. The molecule has 8 atom stereocenters. The van der Waals surface area contributed by atoms with E-state index in [2.05, 4.69) is 92.3 Å². The number of rotatable bonds is 8. The Labute approximate surface area is 355 Å². The van der Waals surface area contributed by atoms with Gasteiger partial charge in [0.1, 0.15) is 11.5 Å². The molecule has 0 fully saturated rings. The zero-order valence-corrected chi connectivity index (χ0v) is 37.8. The fraction of sp³-hybridized carbons (Fsp3) is 0.375. The molecular formula is C48H46O3P2S4. The molecule has 57 heavy (non-hydrogen) atoms. The van der Waals surface area contributed by atoms with Crippen molar-refractivity contribution in [1.82, 2.24) is 0 Å². The second kappa shape index (κ2) is 13.4. The summed E-state index contributed by atoms with van der Waals surface area (Å²) < 4.78 is 28.5. The summed E-state index contributed by atoms with van der Waals surface area (Å²) in [6, 6.07) is 19.5. The zero-order chi connectivity index (χ0) is 38.5. The molecule has 4 aromatic rings. The number of hydrogen-bond acceptors (Lipinski definition) is 6. The molecule has 0 aliphatic heterocycles. The average Bonchev–Trinajstić information content (AvgIpc) is 4.06. The van der Waals surface area contributed by atoms with Crippen molar-refractivity contribution in [3.05, 3.63) is 162 Å². The average molecular weight is 861 g/mol. The van der Waals surface area contributed by atoms with Crippen molar-refractivity contribution >= 4 is 58.7 Å². The Morgan fingerprint density at radius 3 is 1.84 bits per heavy atom. The van der Waals surface area contributed by atoms with Crippen LogP contribution in [0, 0.1) is 0 Å². The summed E-state index contributed by atoms with van der Waals surface area (Å²) in [6.07, 6.45) is 23.2. The molecule has 8 aliphatic rings. The van der Waals surface area contributed by atoms with Crippen molar-refractivity contribution in [2.24, 2.45) is 0 Å². The predicted octanol–water partition coefficient (Wildman–Crippen LogP) is 15.0. The van der Waals surface area contributed by atoms with Crippen LogP contribution < -0.4 is 9.05 Å². The molecule has 290 valence electrons. The second-order valence-electron chi connectivity index (χ2n) is 17.2.